The molecule has 1 unspecified atom stereocenters. The van der Waals surface area contributed by atoms with Crippen molar-refractivity contribution >= 4 is 16.0 Å². The molecule has 8 heteroatoms. The van der Waals surface area contributed by atoms with Gasteiger partial charge in [0.2, 0.25) is 10.0 Å². The molecule has 27 heavy (non-hydrogen) atoms. The molecule has 1 heterocycles. The van der Waals surface area contributed by atoms with E-state index in [9.17, 15) is 8.42 Å². The van der Waals surface area contributed by atoms with Crippen LogP contribution in [0.15, 0.2) is 34.2 Å². The molecule has 0 aliphatic carbocycles. The predicted molar refractivity (Wildman–Crippen MR) is 110 cm³/mol. The Balaban J connectivity index is 2.11. The summed E-state index contributed by atoms with van der Waals surface area (Å²) in [7, 11) is -0.400. The van der Waals surface area contributed by atoms with Crippen LogP contribution in [0.4, 0.5) is 0 Å². The molecular formula is C19H33N5O2S. The number of benzene rings is 1. The van der Waals surface area contributed by atoms with Gasteiger partial charge in [-0.2, -0.15) is 0 Å². The molecule has 0 amide bonds. The third-order valence-electron chi connectivity index (χ3n) is 4.89. The topological polar surface area (TPSA) is 77.0 Å². The highest BCUT2D eigenvalue weighted by Crippen LogP contribution is 2.19. The van der Waals surface area contributed by atoms with Gasteiger partial charge in [0.25, 0.3) is 0 Å². The highest BCUT2D eigenvalue weighted by molar-refractivity contribution is 7.89. The zero-order chi connectivity index (χ0) is 19.9. The number of likely N-dealkylation sites (N-methyl/N-ethyl adjacent to an activating group) is 1. The quantitative estimate of drug-likeness (QED) is 0.515. The van der Waals surface area contributed by atoms with Crippen LogP contribution in [0.2, 0.25) is 0 Å². The van der Waals surface area contributed by atoms with E-state index in [-0.39, 0.29) is 0 Å². The molecule has 1 fully saturated rings. The van der Waals surface area contributed by atoms with Crippen molar-refractivity contribution in [2.24, 2.45) is 4.99 Å². The molecule has 1 aromatic rings. The number of likely N-dealkylation sites (tertiary alicyclic amines) is 1. The molecule has 1 aromatic carbocycles. The summed E-state index contributed by atoms with van der Waals surface area (Å²) >= 11 is 0. The van der Waals surface area contributed by atoms with E-state index in [4.69, 9.17) is 0 Å². The molecule has 2 rings (SSSR count). The van der Waals surface area contributed by atoms with Gasteiger partial charge in [-0.1, -0.05) is 25.1 Å². The standard InChI is InChI=1S/C19H33N5O2S/c1-5-20-19(22-15-17-11-9-13-24(17)6-2)21-14-16-10-7-8-12-18(16)27(25,26)23(3)4/h7-8,10,12,17H,5-6,9,11,13-15H2,1-4H3,(H2,20,21,22). The summed E-state index contributed by atoms with van der Waals surface area (Å²) in [6, 6.07) is 7.57. The van der Waals surface area contributed by atoms with Crippen molar-refractivity contribution in [2.75, 3.05) is 40.3 Å². The second-order valence-corrected chi connectivity index (χ2v) is 9.02. The second kappa shape index (κ2) is 10.1. The molecule has 152 valence electrons. The number of hydrogen-bond acceptors (Lipinski definition) is 4. The van der Waals surface area contributed by atoms with E-state index >= 15 is 0 Å². The van der Waals surface area contributed by atoms with E-state index in [1.165, 1.54) is 17.1 Å². The van der Waals surface area contributed by atoms with Gasteiger partial charge in [0.05, 0.1) is 11.4 Å². The van der Waals surface area contributed by atoms with Crippen LogP contribution in [0.25, 0.3) is 0 Å². The Labute approximate surface area is 163 Å². The van der Waals surface area contributed by atoms with Crippen LogP contribution in [0.3, 0.4) is 0 Å². The van der Waals surface area contributed by atoms with Gasteiger partial charge in [-0.15, -0.1) is 0 Å². The van der Waals surface area contributed by atoms with Gasteiger partial charge < -0.3 is 10.6 Å². The van der Waals surface area contributed by atoms with Gasteiger partial charge in [0, 0.05) is 33.2 Å². The Kier molecular flexibility index (Phi) is 8.07. The van der Waals surface area contributed by atoms with Crippen molar-refractivity contribution in [3.63, 3.8) is 0 Å². The lowest BCUT2D eigenvalue weighted by Crippen LogP contribution is -2.44. The van der Waals surface area contributed by atoms with Crippen molar-refractivity contribution in [3.8, 4) is 0 Å². The lowest BCUT2D eigenvalue weighted by atomic mass is 10.2. The van der Waals surface area contributed by atoms with Gasteiger partial charge in [0.1, 0.15) is 0 Å². The normalized spacial score (nSPS) is 18.9. The minimum absolute atomic E-state index is 0.306. The van der Waals surface area contributed by atoms with Crippen LogP contribution >= 0.6 is 0 Å². The lowest BCUT2D eigenvalue weighted by molar-refractivity contribution is 0.267. The fourth-order valence-corrected chi connectivity index (χ4v) is 4.45. The molecule has 7 nitrogen and oxygen atoms in total. The molecular weight excluding hydrogens is 362 g/mol. The summed E-state index contributed by atoms with van der Waals surface area (Å²) in [6.07, 6.45) is 2.44. The first-order valence-electron chi connectivity index (χ1n) is 9.66. The molecule has 1 aliphatic rings. The second-order valence-electron chi connectivity index (χ2n) is 6.90. The zero-order valence-electron chi connectivity index (χ0n) is 16.9. The SMILES string of the molecule is CCNC(=NCc1ccccc1S(=O)(=O)N(C)C)NCC1CCCN1CC. The maximum absolute atomic E-state index is 12.5. The van der Waals surface area contributed by atoms with E-state index in [1.807, 2.05) is 19.1 Å². The zero-order valence-corrected chi connectivity index (χ0v) is 17.7. The first kappa shape index (κ1) is 21.7. The van der Waals surface area contributed by atoms with Crippen LogP contribution in [0, 0.1) is 0 Å². The lowest BCUT2D eigenvalue weighted by Gasteiger charge is -2.24. The van der Waals surface area contributed by atoms with Crippen LogP contribution in [-0.4, -0.2) is 69.9 Å². The smallest absolute Gasteiger partial charge is 0.242 e. The molecule has 0 radical (unpaired) electrons. The number of rotatable bonds is 8. The summed E-state index contributed by atoms with van der Waals surface area (Å²) < 4.78 is 26.3. The molecule has 1 aliphatic heterocycles. The minimum atomic E-state index is -3.49. The number of hydrogen-bond donors (Lipinski definition) is 2. The number of nitrogens with one attached hydrogen (secondary N) is 2. The van der Waals surface area contributed by atoms with Crippen molar-refractivity contribution in [3.05, 3.63) is 29.8 Å². The van der Waals surface area contributed by atoms with Gasteiger partial charge in [0.15, 0.2) is 5.96 Å². The van der Waals surface area contributed by atoms with E-state index < -0.39 is 10.0 Å². The summed E-state index contributed by atoms with van der Waals surface area (Å²) in [4.78, 5) is 7.41. The summed E-state index contributed by atoms with van der Waals surface area (Å²) in [5.41, 5.74) is 0.694. The molecule has 0 bridgehead atoms. The fourth-order valence-electron chi connectivity index (χ4n) is 3.35. The van der Waals surface area contributed by atoms with Gasteiger partial charge in [-0.05, 0) is 44.5 Å². The van der Waals surface area contributed by atoms with Gasteiger partial charge in [-0.3, -0.25) is 4.90 Å². The Bertz CT molecular complexity index is 733. The molecule has 0 aromatic heterocycles. The number of nitrogens with zero attached hydrogens (tertiary/aromatic N) is 3. The third-order valence-corrected chi connectivity index (χ3v) is 6.81. The Morgan fingerprint density at radius 3 is 2.67 bits per heavy atom. The Morgan fingerprint density at radius 1 is 1.26 bits per heavy atom. The van der Waals surface area contributed by atoms with Crippen LogP contribution in [-0.2, 0) is 16.6 Å². The molecule has 1 saturated heterocycles. The van der Waals surface area contributed by atoms with E-state index in [2.05, 4.69) is 27.4 Å². The van der Waals surface area contributed by atoms with Gasteiger partial charge >= 0.3 is 0 Å². The number of sulfonamides is 1. The fraction of sp³-hybridized carbons (Fsp3) is 0.632. The maximum atomic E-state index is 12.5. The van der Waals surface area contributed by atoms with Crippen LogP contribution < -0.4 is 10.6 Å². The largest absolute Gasteiger partial charge is 0.357 e. The summed E-state index contributed by atoms with van der Waals surface area (Å²) in [5.74, 6) is 0.720. The van der Waals surface area contributed by atoms with Crippen LogP contribution in [0.1, 0.15) is 32.3 Å². The number of aliphatic imine (C=N–C) groups is 1. The van der Waals surface area contributed by atoms with Crippen molar-refractivity contribution in [1.29, 1.82) is 0 Å². The maximum Gasteiger partial charge on any atom is 0.242 e. The summed E-state index contributed by atoms with van der Waals surface area (Å²) in [5, 5.41) is 6.67. The molecule has 1 atom stereocenters. The van der Waals surface area contributed by atoms with Crippen molar-refractivity contribution in [1.82, 2.24) is 19.8 Å². The summed E-state index contributed by atoms with van der Waals surface area (Å²) in [6.45, 7) is 8.35. The number of guanidine groups is 1. The van der Waals surface area contributed by atoms with E-state index in [0.717, 1.165) is 32.1 Å². The first-order chi connectivity index (χ1) is 12.9. The predicted octanol–water partition coefficient (Wildman–Crippen LogP) is 1.48. The molecule has 0 saturated carbocycles. The van der Waals surface area contributed by atoms with Crippen LogP contribution in [0.5, 0.6) is 0 Å². The van der Waals surface area contributed by atoms with Crippen molar-refractivity contribution in [2.45, 2.75) is 44.2 Å². The Morgan fingerprint density at radius 2 is 2.00 bits per heavy atom. The third kappa shape index (κ3) is 5.67. The molecule has 2 N–H and O–H groups in total. The Hall–Kier alpha value is -1.64. The molecule has 0 spiro atoms. The average molecular weight is 396 g/mol. The average Bonchev–Trinajstić information content (AvgIpc) is 3.11. The van der Waals surface area contributed by atoms with Crippen molar-refractivity contribution < 1.29 is 8.42 Å². The monoisotopic (exact) mass is 395 g/mol. The highest BCUT2D eigenvalue weighted by atomic mass is 32.2. The van der Waals surface area contributed by atoms with E-state index in [0.29, 0.717) is 23.0 Å². The van der Waals surface area contributed by atoms with Gasteiger partial charge in [-0.25, -0.2) is 17.7 Å². The van der Waals surface area contributed by atoms with E-state index in [1.54, 1.807) is 26.2 Å². The minimum Gasteiger partial charge on any atom is -0.357 e. The highest BCUT2D eigenvalue weighted by Gasteiger charge is 2.23. The first-order valence-corrected chi connectivity index (χ1v) is 11.1.